The highest BCUT2D eigenvalue weighted by Crippen LogP contribution is 2.17. The summed E-state index contributed by atoms with van der Waals surface area (Å²) in [6, 6.07) is 13.8. The largest absolute Gasteiger partial charge is 0.357 e. The Bertz CT molecular complexity index is 797. The molecule has 0 aliphatic carbocycles. The van der Waals surface area contributed by atoms with Gasteiger partial charge in [-0.05, 0) is 43.9 Å². The lowest BCUT2D eigenvalue weighted by molar-refractivity contribution is -0.140. The lowest BCUT2D eigenvalue weighted by Gasteiger charge is -2.30. The second kappa shape index (κ2) is 9.36. The molecule has 2 aromatic carbocycles. The molecule has 0 fully saturated rings. The molecule has 1 atom stereocenters. The summed E-state index contributed by atoms with van der Waals surface area (Å²) in [4.78, 5) is 27.3. The fourth-order valence-corrected chi connectivity index (χ4v) is 3.23. The van der Waals surface area contributed by atoms with Crippen molar-refractivity contribution in [3.8, 4) is 0 Å². The normalized spacial score (nSPS) is 11.7. The molecule has 0 heterocycles. The number of carbonyl (C=O) groups is 2. The Hall–Kier alpha value is -2.62. The van der Waals surface area contributed by atoms with E-state index in [2.05, 4.69) is 11.4 Å². The zero-order valence-electron chi connectivity index (χ0n) is 17.0. The first-order valence-electron chi connectivity index (χ1n) is 9.48. The summed E-state index contributed by atoms with van der Waals surface area (Å²) in [6.07, 6.45) is 0.872. The Balaban J connectivity index is 2.31. The molecule has 0 aliphatic rings. The van der Waals surface area contributed by atoms with Crippen molar-refractivity contribution in [1.29, 1.82) is 0 Å². The molecule has 2 aromatic rings. The predicted octanol–water partition coefficient (Wildman–Crippen LogP) is 3.71. The molecule has 0 aliphatic heterocycles. The maximum Gasteiger partial charge on any atom is 0.242 e. The summed E-state index contributed by atoms with van der Waals surface area (Å²) in [5, 5.41) is 2.70. The molecule has 144 valence electrons. The Morgan fingerprint density at radius 3 is 2.22 bits per heavy atom. The minimum absolute atomic E-state index is 0.0280. The molecule has 0 saturated carbocycles. The quantitative estimate of drug-likeness (QED) is 0.812. The van der Waals surface area contributed by atoms with Gasteiger partial charge in [0.25, 0.3) is 0 Å². The van der Waals surface area contributed by atoms with E-state index < -0.39 is 6.04 Å². The lowest BCUT2D eigenvalue weighted by atomic mass is 10.0. The predicted molar refractivity (Wildman–Crippen MR) is 109 cm³/mol. The summed E-state index contributed by atoms with van der Waals surface area (Å²) in [7, 11) is 1.62. The zero-order chi connectivity index (χ0) is 20.0. The molecular formula is C23H30N2O2. The van der Waals surface area contributed by atoms with E-state index in [1.54, 1.807) is 11.9 Å². The van der Waals surface area contributed by atoms with E-state index in [1.807, 2.05) is 64.1 Å². The Morgan fingerprint density at radius 1 is 1.00 bits per heavy atom. The average Bonchev–Trinajstić information content (AvgIpc) is 2.65. The van der Waals surface area contributed by atoms with Crippen LogP contribution in [0.3, 0.4) is 0 Å². The van der Waals surface area contributed by atoms with E-state index in [9.17, 15) is 9.59 Å². The minimum Gasteiger partial charge on any atom is -0.357 e. The fraction of sp³-hybridized carbons (Fsp3) is 0.391. The summed E-state index contributed by atoms with van der Waals surface area (Å²) >= 11 is 0. The third-order valence-corrected chi connectivity index (χ3v) is 4.95. The first kappa shape index (κ1) is 20.7. The van der Waals surface area contributed by atoms with Crippen molar-refractivity contribution < 1.29 is 9.59 Å². The molecule has 4 nitrogen and oxygen atoms in total. The van der Waals surface area contributed by atoms with Gasteiger partial charge in [-0.3, -0.25) is 9.59 Å². The maximum atomic E-state index is 13.2. The molecule has 27 heavy (non-hydrogen) atoms. The molecule has 0 spiro atoms. The highest BCUT2D eigenvalue weighted by Gasteiger charge is 2.28. The van der Waals surface area contributed by atoms with Crippen LogP contribution in [-0.2, 0) is 22.6 Å². The second-order valence-corrected chi connectivity index (χ2v) is 7.15. The number of benzene rings is 2. The number of aryl methyl sites for hydroxylation is 3. The van der Waals surface area contributed by atoms with Crippen molar-refractivity contribution in [2.24, 2.45) is 0 Å². The van der Waals surface area contributed by atoms with E-state index in [4.69, 9.17) is 0 Å². The molecule has 0 saturated heterocycles. The van der Waals surface area contributed by atoms with Crippen LogP contribution in [-0.4, -0.2) is 29.8 Å². The van der Waals surface area contributed by atoms with Gasteiger partial charge in [0.2, 0.25) is 11.8 Å². The van der Waals surface area contributed by atoms with Gasteiger partial charge in [0.05, 0.1) is 6.42 Å². The van der Waals surface area contributed by atoms with Gasteiger partial charge in [0, 0.05) is 13.6 Å². The van der Waals surface area contributed by atoms with Gasteiger partial charge in [-0.25, -0.2) is 0 Å². The molecular weight excluding hydrogens is 336 g/mol. The number of likely N-dealkylation sites (N-methyl/N-ethyl adjacent to an activating group) is 1. The van der Waals surface area contributed by atoms with Crippen LogP contribution < -0.4 is 5.32 Å². The first-order valence-corrected chi connectivity index (χ1v) is 9.48. The van der Waals surface area contributed by atoms with Gasteiger partial charge in [-0.2, -0.15) is 0 Å². The van der Waals surface area contributed by atoms with Crippen LogP contribution in [0.15, 0.2) is 42.5 Å². The number of nitrogens with one attached hydrogen (secondary N) is 1. The van der Waals surface area contributed by atoms with Crippen LogP contribution in [0.25, 0.3) is 0 Å². The maximum absolute atomic E-state index is 13.2. The van der Waals surface area contributed by atoms with Crippen molar-refractivity contribution in [3.63, 3.8) is 0 Å². The van der Waals surface area contributed by atoms with Crippen LogP contribution in [0.5, 0.6) is 0 Å². The molecule has 0 bridgehead atoms. The number of hydrogen-bond donors (Lipinski definition) is 1. The Labute approximate surface area is 162 Å². The van der Waals surface area contributed by atoms with Crippen LogP contribution in [0, 0.1) is 20.8 Å². The summed E-state index contributed by atoms with van der Waals surface area (Å²) in [5.41, 5.74) is 5.44. The average molecular weight is 367 g/mol. The molecule has 4 heteroatoms. The molecule has 0 radical (unpaired) electrons. The number of carbonyl (C=O) groups excluding carboxylic acids is 2. The SMILES string of the molecule is CC[C@@H](C(=O)NC)N(Cc1ccc(C)cc1)C(=O)Cc1cc(C)ccc1C. The van der Waals surface area contributed by atoms with E-state index in [1.165, 1.54) is 5.56 Å². The fourth-order valence-electron chi connectivity index (χ4n) is 3.23. The van der Waals surface area contributed by atoms with Gasteiger partial charge in [0.1, 0.15) is 6.04 Å². The van der Waals surface area contributed by atoms with Gasteiger partial charge in [-0.15, -0.1) is 0 Å². The van der Waals surface area contributed by atoms with Gasteiger partial charge >= 0.3 is 0 Å². The molecule has 0 unspecified atom stereocenters. The molecule has 2 rings (SSSR count). The van der Waals surface area contributed by atoms with Gasteiger partial charge in [-0.1, -0.05) is 60.5 Å². The molecule has 1 N–H and O–H groups in total. The van der Waals surface area contributed by atoms with Crippen LogP contribution in [0.1, 0.15) is 41.2 Å². The number of hydrogen-bond acceptors (Lipinski definition) is 2. The van der Waals surface area contributed by atoms with E-state index in [0.717, 1.165) is 22.3 Å². The third kappa shape index (κ3) is 5.43. The van der Waals surface area contributed by atoms with Crippen LogP contribution in [0.4, 0.5) is 0 Å². The van der Waals surface area contributed by atoms with Gasteiger partial charge in [0.15, 0.2) is 0 Å². The molecule has 2 amide bonds. The van der Waals surface area contributed by atoms with Crippen LogP contribution >= 0.6 is 0 Å². The van der Waals surface area contributed by atoms with Crippen molar-refractivity contribution in [2.75, 3.05) is 7.05 Å². The van der Waals surface area contributed by atoms with Crippen molar-refractivity contribution in [3.05, 3.63) is 70.3 Å². The molecule has 0 aromatic heterocycles. The monoisotopic (exact) mass is 366 g/mol. The Kier molecular flexibility index (Phi) is 7.17. The van der Waals surface area contributed by atoms with Crippen molar-refractivity contribution in [1.82, 2.24) is 10.2 Å². The van der Waals surface area contributed by atoms with E-state index >= 15 is 0 Å². The van der Waals surface area contributed by atoms with E-state index in [-0.39, 0.29) is 11.8 Å². The first-order chi connectivity index (χ1) is 12.8. The standard InChI is InChI=1S/C23H30N2O2/c1-6-21(23(27)24-5)25(15-19-11-8-16(2)9-12-19)22(26)14-20-13-17(3)7-10-18(20)4/h7-13,21H,6,14-15H2,1-5H3,(H,24,27)/t21-/m0/s1. The van der Waals surface area contributed by atoms with E-state index in [0.29, 0.717) is 19.4 Å². The highest BCUT2D eigenvalue weighted by molar-refractivity contribution is 5.88. The summed E-state index contributed by atoms with van der Waals surface area (Å²) in [6.45, 7) is 8.44. The van der Waals surface area contributed by atoms with Crippen LogP contribution in [0.2, 0.25) is 0 Å². The lowest BCUT2D eigenvalue weighted by Crippen LogP contribution is -2.48. The Morgan fingerprint density at radius 2 is 1.63 bits per heavy atom. The smallest absolute Gasteiger partial charge is 0.242 e. The number of rotatable bonds is 7. The number of amides is 2. The third-order valence-electron chi connectivity index (χ3n) is 4.95. The zero-order valence-corrected chi connectivity index (χ0v) is 17.0. The summed E-state index contributed by atoms with van der Waals surface area (Å²) in [5.74, 6) is -0.154. The number of nitrogens with zero attached hydrogens (tertiary/aromatic N) is 1. The highest BCUT2D eigenvalue weighted by atomic mass is 16.2. The topological polar surface area (TPSA) is 49.4 Å². The summed E-state index contributed by atoms with van der Waals surface area (Å²) < 4.78 is 0. The second-order valence-electron chi connectivity index (χ2n) is 7.15. The van der Waals surface area contributed by atoms with Crippen molar-refractivity contribution in [2.45, 2.75) is 53.1 Å². The minimum atomic E-state index is -0.478. The van der Waals surface area contributed by atoms with Crippen molar-refractivity contribution >= 4 is 11.8 Å². The van der Waals surface area contributed by atoms with Gasteiger partial charge < -0.3 is 10.2 Å².